The molecule has 0 aliphatic carbocycles. The minimum absolute atomic E-state index is 0.285. The number of aliphatic hydroxyl groups is 1. The number of aryl methyl sites for hydroxylation is 1. The molecule has 1 aliphatic heterocycles. The Morgan fingerprint density at radius 2 is 2.13 bits per heavy atom. The zero-order chi connectivity index (χ0) is 10.8. The van der Waals surface area contributed by atoms with Crippen molar-refractivity contribution in [2.75, 3.05) is 0 Å². The van der Waals surface area contributed by atoms with E-state index in [-0.39, 0.29) is 5.75 Å². The van der Waals surface area contributed by atoms with Crippen molar-refractivity contribution in [2.45, 2.75) is 13.2 Å². The van der Waals surface area contributed by atoms with Crippen molar-refractivity contribution in [1.82, 2.24) is 5.32 Å². The number of rotatable bonds is 1. The molecule has 1 heterocycles. The zero-order valence-corrected chi connectivity index (χ0v) is 8.44. The average molecular weight is 203 g/mol. The Kier molecular flexibility index (Phi) is 2.47. The summed E-state index contributed by atoms with van der Waals surface area (Å²) in [5.41, 5.74) is 2.72. The van der Waals surface area contributed by atoms with Crippen LogP contribution < -0.4 is 5.32 Å². The smallest absolute Gasteiger partial charge is 0.143 e. The van der Waals surface area contributed by atoms with Crippen molar-refractivity contribution in [3.05, 3.63) is 47.7 Å². The highest BCUT2D eigenvalue weighted by molar-refractivity contribution is 5.75. The predicted molar refractivity (Wildman–Crippen MR) is 59.1 cm³/mol. The van der Waals surface area contributed by atoms with Crippen LogP contribution in [0.1, 0.15) is 11.1 Å². The van der Waals surface area contributed by atoms with E-state index in [4.69, 9.17) is 0 Å². The van der Waals surface area contributed by atoms with Crippen LogP contribution in [0.25, 0.3) is 5.57 Å². The number of dihydropyridines is 1. The molecule has 1 unspecified atom stereocenters. The minimum Gasteiger partial charge on any atom is -0.508 e. The fourth-order valence-electron chi connectivity index (χ4n) is 1.44. The fourth-order valence-corrected chi connectivity index (χ4v) is 1.44. The largest absolute Gasteiger partial charge is 0.508 e. The molecule has 15 heavy (non-hydrogen) atoms. The van der Waals surface area contributed by atoms with Crippen molar-refractivity contribution in [3.8, 4) is 5.75 Å². The van der Waals surface area contributed by atoms with E-state index >= 15 is 0 Å². The third-order valence-electron chi connectivity index (χ3n) is 2.41. The van der Waals surface area contributed by atoms with Crippen LogP contribution in [0.3, 0.4) is 0 Å². The Morgan fingerprint density at radius 3 is 2.73 bits per heavy atom. The van der Waals surface area contributed by atoms with Crippen molar-refractivity contribution < 1.29 is 10.2 Å². The number of phenols is 1. The summed E-state index contributed by atoms with van der Waals surface area (Å²) in [4.78, 5) is 0. The second-order valence-electron chi connectivity index (χ2n) is 3.57. The zero-order valence-electron chi connectivity index (χ0n) is 8.44. The second kappa shape index (κ2) is 3.79. The monoisotopic (exact) mass is 203 g/mol. The van der Waals surface area contributed by atoms with E-state index in [0.29, 0.717) is 0 Å². The summed E-state index contributed by atoms with van der Waals surface area (Å²) in [5.74, 6) is 0.285. The minimum atomic E-state index is -0.618. The number of aromatic hydroxyl groups is 1. The van der Waals surface area contributed by atoms with Gasteiger partial charge in [0.2, 0.25) is 0 Å². The molecule has 0 aromatic heterocycles. The Labute approximate surface area is 88.4 Å². The van der Waals surface area contributed by atoms with Gasteiger partial charge in [-0.15, -0.1) is 0 Å². The van der Waals surface area contributed by atoms with E-state index in [9.17, 15) is 10.2 Å². The Balaban J connectivity index is 2.31. The van der Waals surface area contributed by atoms with Gasteiger partial charge in [0.25, 0.3) is 0 Å². The molecular weight excluding hydrogens is 190 g/mol. The van der Waals surface area contributed by atoms with Crippen molar-refractivity contribution in [2.24, 2.45) is 0 Å². The third-order valence-corrected chi connectivity index (χ3v) is 2.41. The van der Waals surface area contributed by atoms with Crippen molar-refractivity contribution in [1.29, 1.82) is 0 Å². The molecule has 0 bridgehead atoms. The molecule has 1 aromatic rings. The van der Waals surface area contributed by atoms with E-state index in [2.05, 4.69) is 5.32 Å². The molecule has 78 valence electrons. The quantitative estimate of drug-likeness (QED) is 0.648. The number of aliphatic hydroxyl groups excluding tert-OH is 1. The summed E-state index contributed by atoms with van der Waals surface area (Å²) >= 11 is 0. The SMILES string of the molecule is Cc1ccc(C2=CNC(O)C=C2)cc1O. The van der Waals surface area contributed by atoms with Gasteiger partial charge in [0.1, 0.15) is 12.0 Å². The van der Waals surface area contributed by atoms with Crippen LogP contribution in [0.4, 0.5) is 0 Å². The second-order valence-corrected chi connectivity index (χ2v) is 3.57. The van der Waals surface area contributed by atoms with Gasteiger partial charge >= 0.3 is 0 Å². The van der Waals surface area contributed by atoms with Crippen LogP contribution >= 0.6 is 0 Å². The number of hydrogen-bond donors (Lipinski definition) is 3. The molecule has 0 saturated heterocycles. The van der Waals surface area contributed by atoms with Gasteiger partial charge in [0.05, 0.1) is 0 Å². The first-order valence-corrected chi connectivity index (χ1v) is 4.79. The average Bonchev–Trinajstić information content (AvgIpc) is 2.23. The molecule has 3 N–H and O–H groups in total. The molecule has 0 fully saturated rings. The summed E-state index contributed by atoms with van der Waals surface area (Å²) < 4.78 is 0. The predicted octanol–water partition coefficient (Wildman–Crippen LogP) is 1.52. The number of phenolic OH excluding ortho intramolecular Hbond substituents is 1. The van der Waals surface area contributed by atoms with Crippen LogP contribution in [-0.4, -0.2) is 16.4 Å². The van der Waals surface area contributed by atoms with Gasteiger partial charge in [-0.25, -0.2) is 0 Å². The maximum Gasteiger partial charge on any atom is 0.143 e. The van der Waals surface area contributed by atoms with Crippen LogP contribution in [0.2, 0.25) is 0 Å². The Bertz CT molecular complexity index is 435. The number of allylic oxidation sites excluding steroid dienone is 2. The van der Waals surface area contributed by atoms with Crippen LogP contribution in [0, 0.1) is 6.92 Å². The van der Waals surface area contributed by atoms with Gasteiger partial charge in [-0.3, -0.25) is 0 Å². The first kappa shape index (κ1) is 9.80. The molecule has 0 saturated carbocycles. The Hall–Kier alpha value is -1.74. The van der Waals surface area contributed by atoms with Crippen LogP contribution in [0.5, 0.6) is 5.75 Å². The van der Waals surface area contributed by atoms with Gasteiger partial charge in [0, 0.05) is 6.20 Å². The highest BCUT2D eigenvalue weighted by Gasteiger charge is 2.06. The molecule has 3 nitrogen and oxygen atoms in total. The molecule has 2 rings (SSSR count). The highest BCUT2D eigenvalue weighted by atomic mass is 16.3. The van der Waals surface area contributed by atoms with E-state index in [1.807, 2.05) is 25.1 Å². The standard InChI is InChI=1S/C12H13NO2/c1-8-2-3-9(6-11(8)14)10-4-5-12(15)13-7-10/h2-7,12-15H,1H3. The molecular formula is C12H13NO2. The van der Waals surface area contributed by atoms with E-state index in [1.165, 1.54) is 0 Å². The maximum absolute atomic E-state index is 9.56. The number of benzene rings is 1. The third kappa shape index (κ3) is 2.02. The molecule has 0 spiro atoms. The number of hydrogen-bond acceptors (Lipinski definition) is 3. The highest BCUT2D eigenvalue weighted by Crippen LogP contribution is 2.24. The topological polar surface area (TPSA) is 52.5 Å². The van der Waals surface area contributed by atoms with Gasteiger partial charge in [-0.2, -0.15) is 0 Å². The fraction of sp³-hybridized carbons (Fsp3) is 0.167. The van der Waals surface area contributed by atoms with Crippen molar-refractivity contribution in [3.63, 3.8) is 0 Å². The summed E-state index contributed by atoms with van der Waals surface area (Å²) in [7, 11) is 0. The lowest BCUT2D eigenvalue weighted by Gasteiger charge is -2.14. The van der Waals surface area contributed by atoms with E-state index in [0.717, 1.165) is 16.7 Å². The summed E-state index contributed by atoms with van der Waals surface area (Å²) in [6, 6.07) is 5.51. The van der Waals surface area contributed by atoms with Crippen molar-refractivity contribution >= 4 is 5.57 Å². The molecule has 0 amide bonds. The van der Waals surface area contributed by atoms with Gasteiger partial charge in [0.15, 0.2) is 0 Å². The first-order chi connectivity index (χ1) is 7.16. The normalized spacial score (nSPS) is 19.6. The summed E-state index contributed by atoms with van der Waals surface area (Å²) in [5, 5.41) is 21.5. The van der Waals surface area contributed by atoms with Gasteiger partial charge in [-0.05, 0) is 35.8 Å². The van der Waals surface area contributed by atoms with E-state index in [1.54, 1.807) is 18.3 Å². The Morgan fingerprint density at radius 1 is 1.33 bits per heavy atom. The van der Waals surface area contributed by atoms with Gasteiger partial charge in [-0.1, -0.05) is 18.2 Å². The molecule has 1 atom stereocenters. The molecule has 1 aliphatic rings. The van der Waals surface area contributed by atoms with E-state index < -0.39 is 6.23 Å². The lowest BCUT2D eigenvalue weighted by molar-refractivity contribution is 0.201. The van der Waals surface area contributed by atoms with Gasteiger partial charge < -0.3 is 15.5 Å². The van der Waals surface area contributed by atoms with Crippen LogP contribution in [0.15, 0.2) is 36.6 Å². The lowest BCUT2D eigenvalue weighted by atomic mass is 10.0. The molecule has 3 heteroatoms. The van der Waals surface area contributed by atoms with Crippen LogP contribution in [-0.2, 0) is 0 Å². The number of nitrogens with one attached hydrogen (secondary N) is 1. The molecule has 0 radical (unpaired) electrons. The lowest BCUT2D eigenvalue weighted by Crippen LogP contribution is -2.23. The molecule has 1 aromatic carbocycles. The summed E-state index contributed by atoms with van der Waals surface area (Å²) in [6.07, 6.45) is 4.60. The first-order valence-electron chi connectivity index (χ1n) is 4.79. The summed E-state index contributed by atoms with van der Waals surface area (Å²) in [6.45, 7) is 1.85. The maximum atomic E-state index is 9.56.